The molecule has 0 amide bonds. The molecule has 2 rings (SSSR count). The van der Waals surface area contributed by atoms with Crippen LogP contribution in [0, 0.1) is 0 Å². The highest BCUT2D eigenvalue weighted by atomic mass is 32.2. The van der Waals surface area contributed by atoms with Gasteiger partial charge in [0.05, 0.1) is 10.4 Å². The van der Waals surface area contributed by atoms with Crippen molar-refractivity contribution in [1.29, 1.82) is 0 Å². The van der Waals surface area contributed by atoms with Crippen molar-refractivity contribution in [2.45, 2.75) is 37.1 Å². The third-order valence-electron chi connectivity index (χ3n) is 1.86. The maximum absolute atomic E-state index is 4.53. The van der Waals surface area contributed by atoms with Crippen LogP contribution in [0.1, 0.15) is 25.3 Å². The van der Waals surface area contributed by atoms with Crippen LogP contribution >= 0.6 is 23.1 Å². The Bertz CT molecular complexity index is 259. The van der Waals surface area contributed by atoms with E-state index in [-0.39, 0.29) is 0 Å². The molecule has 0 saturated heterocycles. The molecule has 12 heavy (non-hydrogen) atoms. The number of rotatable bonds is 2. The SMILES string of the molecule is CCc1nc2c(s1)NC(CC)S2. The lowest BCUT2D eigenvalue weighted by atomic mass is 10.5. The number of nitrogens with zero attached hydrogens (tertiary/aromatic N) is 1. The zero-order valence-electron chi connectivity index (χ0n) is 7.26. The molecule has 0 bridgehead atoms. The molecule has 2 heterocycles. The second-order valence-corrected chi connectivity index (χ2v) is 5.03. The summed E-state index contributed by atoms with van der Waals surface area (Å²) in [4.78, 5) is 4.53. The number of aromatic nitrogens is 1. The first-order valence-corrected chi connectivity index (χ1v) is 5.96. The lowest BCUT2D eigenvalue weighted by molar-refractivity contribution is 0.934. The van der Waals surface area contributed by atoms with Gasteiger partial charge in [0.1, 0.15) is 10.0 Å². The standard InChI is InChI=1S/C8H12N2S2/c1-3-5-9-7-8(11-5)10-6(4-2)12-7/h5,9H,3-4H2,1-2H3. The van der Waals surface area contributed by atoms with Gasteiger partial charge in [-0.3, -0.25) is 0 Å². The molecule has 1 aromatic rings. The van der Waals surface area contributed by atoms with Crippen LogP contribution in [0.2, 0.25) is 0 Å². The number of anilines is 1. The van der Waals surface area contributed by atoms with E-state index in [1.807, 2.05) is 11.8 Å². The van der Waals surface area contributed by atoms with Crippen LogP contribution in [0.3, 0.4) is 0 Å². The van der Waals surface area contributed by atoms with Gasteiger partial charge in [0.25, 0.3) is 0 Å². The van der Waals surface area contributed by atoms with Crippen molar-refractivity contribution >= 4 is 28.1 Å². The van der Waals surface area contributed by atoms with Gasteiger partial charge >= 0.3 is 0 Å². The Labute approximate surface area is 80.8 Å². The molecule has 1 atom stereocenters. The Kier molecular flexibility index (Phi) is 2.28. The highest BCUT2D eigenvalue weighted by molar-refractivity contribution is 8.00. The molecule has 1 aliphatic heterocycles. The van der Waals surface area contributed by atoms with E-state index >= 15 is 0 Å². The minimum atomic E-state index is 0.560. The number of hydrogen-bond acceptors (Lipinski definition) is 4. The molecule has 4 heteroatoms. The summed E-state index contributed by atoms with van der Waals surface area (Å²) in [5.74, 6) is 0. The zero-order valence-corrected chi connectivity index (χ0v) is 8.89. The molecule has 1 unspecified atom stereocenters. The number of hydrogen-bond donors (Lipinski definition) is 1. The van der Waals surface area contributed by atoms with E-state index in [2.05, 4.69) is 24.1 Å². The summed E-state index contributed by atoms with van der Waals surface area (Å²) in [5, 5.41) is 7.76. The summed E-state index contributed by atoms with van der Waals surface area (Å²) < 4.78 is 0. The Balaban J connectivity index is 2.18. The van der Waals surface area contributed by atoms with Crippen LogP contribution < -0.4 is 5.32 Å². The predicted molar refractivity (Wildman–Crippen MR) is 55.1 cm³/mol. The highest BCUT2D eigenvalue weighted by Crippen LogP contribution is 2.42. The van der Waals surface area contributed by atoms with Crippen LogP contribution in [0.4, 0.5) is 5.00 Å². The van der Waals surface area contributed by atoms with Crippen molar-refractivity contribution in [3.8, 4) is 0 Å². The topological polar surface area (TPSA) is 24.9 Å². The van der Waals surface area contributed by atoms with E-state index in [9.17, 15) is 0 Å². The van der Waals surface area contributed by atoms with Gasteiger partial charge in [0.15, 0.2) is 0 Å². The lowest BCUT2D eigenvalue weighted by Gasteiger charge is -2.04. The van der Waals surface area contributed by atoms with Crippen LogP contribution in [0.5, 0.6) is 0 Å². The predicted octanol–water partition coefficient (Wildman–Crippen LogP) is 2.96. The molecule has 1 aliphatic rings. The van der Waals surface area contributed by atoms with Crippen molar-refractivity contribution in [1.82, 2.24) is 4.98 Å². The molecule has 0 fully saturated rings. The second kappa shape index (κ2) is 3.26. The van der Waals surface area contributed by atoms with Crippen LogP contribution in [0.25, 0.3) is 0 Å². The molecular weight excluding hydrogens is 188 g/mol. The molecular formula is C8H12N2S2. The van der Waals surface area contributed by atoms with E-state index in [1.165, 1.54) is 15.0 Å². The third-order valence-corrected chi connectivity index (χ3v) is 4.37. The van der Waals surface area contributed by atoms with Crippen LogP contribution in [0.15, 0.2) is 5.03 Å². The van der Waals surface area contributed by atoms with Crippen molar-refractivity contribution in [2.24, 2.45) is 0 Å². The maximum atomic E-state index is 4.53. The van der Waals surface area contributed by atoms with Gasteiger partial charge in [0, 0.05) is 0 Å². The molecule has 0 radical (unpaired) electrons. The van der Waals surface area contributed by atoms with Gasteiger partial charge in [-0.05, 0) is 12.8 Å². The summed E-state index contributed by atoms with van der Waals surface area (Å²) in [7, 11) is 0. The minimum Gasteiger partial charge on any atom is -0.362 e. The van der Waals surface area contributed by atoms with Gasteiger partial charge in [-0.15, -0.1) is 11.3 Å². The molecule has 1 N–H and O–H groups in total. The fourth-order valence-electron chi connectivity index (χ4n) is 1.17. The number of aryl methyl sites for hydroxylation is 1. The van der Waals surface area contributed by atoms with Crippen molar-refractivity contribution in [3.63, 3.8) is 0 Å². The second-order valence-electron chi connectivity index (χ2n) is 2.75. The highest BCUT2D eigenvalue weighted by Gasteiger charge is 2.23. The fourth-order valence-corrected chi connectivity index (χ4v) is 3.36. The number of thioether (sulfide) groups is 1. The summed E-state index contributed by atoms with van der Waals surface area (Å²) in [6.07, 6.45) is 2.21. The smallest absolute Gasteiger partial charge is 0.133 e. The van der Waals surface area contributed by atoms with Crippen molar-refractivity contribution in [3.05, 3.63) is 5.01 Å². The lowest BCUT2D eigenvalue weighted by Crippen LogP contribution is -2.06. The van der Waals surface area contributed by atoms with E-state index in [0.29, 0.717) is 5.37 Å². The van der Waals surface area contributed by atoms with Gasteiger partial charge in [0.2, 0.25) is 0 Å². The van der Waals surface area contributed by atoms with E-state index in [1.54, 1.807) is 11.3 Å². The monoisotopic (exact) mass is 200 g/mol. The zero-order chi connectivity index (χ0) is 8.55. The average Bonchev–Trinajstić information content (AvgIpc) is 2.59. The molecule has 0 aromatic carbocycles. The Hall–Kier alpha value is -0.220. The number of thiazole rings is 1. The summed E-state index contributed by atoms with van der Waals surface area (Å²) in [5.41, 5.74) is 0. The van der Waals surface area contributed by atoms with Gasteiger partial charge in [-0.2, -0.15) is 0 Å². The molecule has 0 spiro atoms. The first-order chi connectivity index (χ1) is 5.83. The maximum Gasteiger partial charge on any atom is 0.133 e. The van der Waals surface area contributed by atoms with E-state index in [0.717, 1.165) is 12.8 Å². The van der Waals surface area contributed by atoms with Gasteiger partial charge < -0.3 is 5.32 Å². The molecule has 1 aromatic heterocycles. The van der Waals surface area contributed by atoms with Crippen molar-refractivity contribution < 1.29 is 0 Å². The molecule has 0 saturated carbocycles. The van der Waals surface area contributed by atoms with Gasteiger partial charge in [-0.25, -0.2) is 4.98 Å². The first kappa shape index (κ1) is 8.38. The third kappa shape index (κ3) is 1.33. The summed E-state index contributed by atoms with van der Waals surface area (Å²) in [6, 6.07) is 0. The Morgan fingerprint density at radius 2 is 2.33 bits per heavy atom. The number of fused-ring (bicyclic) bond motifs is 1. The van der Waals surface area contributed by atoms with Gasteiger partial charge in [-0.1, -0.05) is 25.6 Å². The first-order valence-electron chi connectivity index (χ1n) is 4.26. The van der Waals surface area contributed by atoms with E-state index < -0.39 is 0 Å². The Morgan fingerprint density at radius 1 is 1.50 bits per heavy atom. The summed E-state index contributed by atoms with van der Waals surface area (Å²) >= 11 is 3.66. The van der Waals surface area contributed by atoms with Crippen molar-refractivity contribution in [2.75, 3.05) is 5.32 Å². The molecule has 66 valence electrons. The average molecular weight is 200 g/mol. The van der Waals surface area contributed by atoms with Crippen LogP contribution in [-0.4, -0.2) is 10.4 Å². The Morgan fingerprint density at radius 3 is 2.92 bits per heavy atom. The normalized spacial score (nSPS) is 20.7. The molecule has 0 aliphatic carbocycles. The van der Waals surface area contributed by atoms with E-state index in [4.69, 9.17) is 0 Å². The summed E-state index contributed by atoms with van der Waals surface area (Å²) in [6.45, 7) is 4.35. The number of nitrogens with one attached hydrogen (secondary N) is 1. The minimum absolute atomic E-state index is 0.560. The fraction of sp³-hybridized carbons (Fsp3) is 0.625. The largest absolute Gasteiger partial charge is 0.362 e. The quantitative estimate of drug-likeness (QED) is 0.794. The molecule has 2 nitrogen and oxygen atoms in total. The van der Waals surface area contributed by atoms with Crippen LogP contribution in [-0.2, 0) is 6.42 Å².